The minimum Gasteiger partial charge on any atom is -0.350 e. The van der Waals surface area contributed by atoms with Crippen LogP contribution in [0, 0.1) is 11.7 Å². The van der Waals surface area contributed by atoms with Crippen LogP contribution in [-0.2, 0) is 4.79 Å². The number of benzene rings is 1. The summed E-state index contributed by atoms with van der Waals surface area (Å²) in [5, 5.41) is 8.84. The highest BCUT2D eigenvalue weighted by Crippen LogP contribution is 2.10. The van der Waals surface area contributed by atoms with E-state index < -0.39 is 17.8 Å². The number of nitrogens with one attached hydrogen (secondary N) is 3. The molecule has 1 fully saturated rings. The Balaban J connectivity index is 0.00000288. The third-order valence-electron chi connectivity index (χ3n) is 4.00. The highest BCUT2D eigenvalue weighted by atomic mass is 35.5. The lowest BCUT2D eigenvalue weighted by Gasteiger charge is -2.28. The highest BCUT2D eigenvalue weighted by molar-refractivity contribution is 5.97. The minimum atomic E-state index is -0.691. The summed E-state index contributed by atoms with van der Waals surface area (Å²) < 4.78 is 13.7. The van der Waals surface area contributed by atoms with E-state index in [1.54, 1.807) is 6.07 Å². The first-order valence-electron chi connectivity index (χ1n) is 8.05. The largest absolute Gasteiger partial charge is 0.350 e. The van der Waals surface area contributed by atoms with Crippen molar-refractivity contribution in [3.63, 3.8) is 0 Å². The van der Waals surface area contributed by atoms with Crippen LogP contribution in [0.25, 0.3) is 0 Å². The third-order valence-corrected chi connectivity index (χ3v) is 4.00. The van der Waals surface area contributed by atoms with E-state index in [4.69, 9.17) is 0 Å². The Kier molecular flexibility index (Phi) is 8.15. The number of amides is 2. The smallest absolute Gasteiger partial charge is 0.254 e. The van der Waals surface area contributed by atoms with Gasteiger partial charge in [-0.25, -0.2) is 4.39 Å². The summed E-state index contributed by atoms with van der Waals surface area (Å²) in [7, 11) is 0. The molecule has 0 spiro atoms. The van der Waals surface area contributed by atoms with Gasteiger partial charge in [-0.05, 0) is 37.4 Å². The molecule has 3 N–H and O–H groups in total. The van der Waals surface area contributed by atoms with Crippen LogP contribution in [0.2, 0.25) is 0 Å². The van der Waals surface area contributed by atoms with E-state index in [-0.39, 0.29) is 35.8 Å². The van der Waals surface area contributed by atoms with Gasteiger partial charge in [-0.2, -0.15) is 0 Å². The average molecular weight is 358 g/mol. The molecule has 2 amide bonds. The summed E-state index contributed by atoms with van der Waals surface area (Å²) in [6.45, 7) is 5.40. The Labute approximate surface area is 148 Å². The first kappa shape index (κ1) is 20.4. The molecule has 1 aromatic carbocycles. The summed E-state index contributed by atoms with van der Waals surface area (Å²) in [6, 6.07) is 5.13. The molecule has 1 aliphatic heterocycles. The second-order valence-electron chi connectivity index (χ2n) is 6.23. The molecule has 0 saturated carbocycles. The fourth-order valence-electron chi connectivity index (χ4n) is 2.67. The van der Waals surface area contributed by atoms with Gasteiger partial charge in [0.05, 0.1) is 5.56 Å². The molecule has 7 heteroatoms. The van der Waals surface area contributed by atoms with E-state index in [9.17, 15) is 14.0 Å². The maximum absolute atomic E-state index is 13.7. The Morgan fingerprint density at radius 1 is 1.29 bits per heavy atom. The van der Waals surface area contributed by atoms with Crippen molar-refractivity contribution in [3.05, 3.63) is 35.6 Å². The van der Waals surface area contributed by atoms with Crippen molar-refractivity contribution in [2.24, 2.45) is 5.92 Å². The zero-order valence-electron chi connectivity index (χ0n) is 14.0. The van der Waals surface area contributed by atoms with Gasteiger partial charge in [0, 0.05) is 12.6 Å². The predicted molar refractivity (Wildman–Crippen MR) is 93.8 cm³/mol. The Morgan fingerprint density at radius 2 is 2.00 bits per heavy atom. The zero-order chi connectivity index (χ0) is 16.8. The first-order valence-corrected chi connectivity index (χ1v) is 8.05. The Bertz CT molecular complexity index is 563. The van der Waals surface area contributed by atoms with Crippen molar-refractivity contribution in [2.45, 2.75) is 38.8 Å². The fraction of sp³-hybridized carbons (Fsp3) is 0.529. The molecule has 134 valence electrons. The molecule has 2 rings (SSSR count). The van der Waals surface area contributed by atoms with Gasteiger partial charge in [-0.3, -0.25) is 9.59 Å². The Hall–Kier alpha value is -1.66. The molecule has 1 aliphatic rings. The van der Waals surface area contributed by atoms with E-state index in [1.165, 1.54) is 18.2 Å². The normalized spacial score (nSPS) is 18.4. The standard InChI is InChI=1S/C17H24FN3O2.ClH/c1-11(2)15(17(23)20-12-6-5-9-19-10-12)21-16(22)13-7-3-4-8-14(13)18;/h3-4,7-8,11-12,15,19H,5-6,9-10H2,1-2H3,(H,20,23)(H,21,22);1H/t12-,15?;/m0./s1. The number of piperidine rings is 1. The van der Waals surface area contributed by atoms with Gasteiger partial charge in [0.2, 0.25) is 5.91 Å². The minimum absolute atomic E-state index is 0. The summed E-state index contributed by atoms with van der Waals surface area (Å²) in [6.07, 6.45) is 1.93. The predicted octanol–water partition coefficient (Wildman–Crippen LogP) is 1.87. The third kappa shape index (κ3) is 5.46. The number of hydrogen-bond acceptors (Lipinski definition) is 3. The lowest BCUT2D eigenvalue weighted by Crippen LogP contribution is -2.54. The Morgan fingerprint density at radius 3 is 2.58 bits per heavy atom. The van der Waals surface area contributed by atoms with Crippen LogP contribution in [-0.4, -0.2) is 37.0 Å². The SMILES string of the molecule is CC(C)C(NC(=O)c1ccccc1F)C(=O)N[C@H]1CCCNC1.Cl. The van der Waals surface area contributed by atoms with Gasteiger partial charge in [0.25, 0.3) is 5.91 Å². The quantitative estimate of drug-likeness (QED) is 0.753. The molecule has 1 saturated heterocycles. The molecule has 2 atom stereocenters. The second-order valence-corrected chi connectivity index (χ2v) is 6.23. The van der Waals surface area contributed by atoms with Gasteiger partial charge in [0.15, 0.2) is 0 Å². The zero-order valence-corrected chi connectivity index (χ0v) is 14.8. The van der Waals surface area contributed by atoms with Crippen molar-refractivity contribution in [1.82, 2.24) is 16.0 Å². The maximum atomic E-state index is 13.7. The molecule has 5 nitrogen and oxygen atoms in total. The lowest BCUT2D eigenvalue weighted by molar-refractivity contribution is -0.124. The number of carbonyl (C=O) groups excluding carboxylic acids is 2. The molecule has 0 radical (unpaired) electrons. The van der Waals surface area contributed by atoms with Gasteiger partial charge >= 0.3 is 0 Å². The number of hydrogen-bond donors (Lipinski definition) is 3. The second kappa shape index (κ2) is 9.59. The van der Waals surface area contributed by atoms with Gasteiger partial charge in [-0.15, -0.1) is 12.4 Å². The molecular formula is C17H25ClFN3O2. The van der Waals surface area contributed by atoms with Crippen LogP contribution in [0.4, 0.5) is 4.39 Å². The van der Waals surface area contributed by atoms with Crippen LogP contribution in [0.3, 0.4) is 0 Å². The molecule has 1 unspecified atom stereocenters. The number of halogens is 2. The maximum Gasteiger partial charge on any atom is 0.254 e. The van der Waals surface area contributed by atoms with Crippen LogP contribution in [0.5, 0.6) is 0 Å². The molecule has 0 aliphatic carbocycles. The summed E-state index contributed by atoms with van der Waals surface area (Å²) in [5.41, 5.74) is -0.0507. The van der Waals surface area contributed by atoms with Gasteiger partial charge < -0.3 is 16.0 Å². The van der Waals surface area contributed by atoms with E-state index >= 15 is 0 Å². The fourth-order valence-corrected chi connectivity index (χ4v) is 2.67. The average Bonchev–Trinajstić information content (AvgIpc) is 2.53. The van der Waals surface area contributed by atoms with Crippen LogP contribution in [0.15, 0.2) is 24.3 Å². The van der Waals surface area contributed by atoms with Crippen LogP contribution in [0.1, 0.15) is 37.0 Å². The first-order chi connectivity index (χ1) is 11.0. The molecule has 1 aromatic rings. The van der Waals surface area contributed by atoms with Crippen LogP contribution >= 0.6 is 12.4 Å². The molecule has 24 heavy (non-hydrogen) atoms. The van der Waals surface area contributed by atoms with E-state index in [0.29, 0.717) is 0 Å². The van der Waals surface area contributed by atoms with Crippen molar-refractivity contribution >= 4 is 24.2 Å². The van der Waals surface area contributed by atoms with Crippen molar-refractivity contribution in [2.75, 3.05) is 13.1 Å². The van der Waals surface area contributed by atoms with Crippen molar-refractivity contribution in [3.8, 4) is 0 Å². The lowest BCUT2D eigenvalue weighted by atomic mass is 10.0. The summed E-state index contributed by atoms with van der Waals surface area (Å²) in [5.74, 6) is -1.48. The summed E-state index contributed by atoms with van der Waals surface area (Å²) >= 11 is 0. The molecular weight excluding hydrogens is 333 g/mol. The number of rotatable bonds is 5. The van der Waals surface area contributed by atoms with Crippen molar-refractivity contribution in [1.29, 1.82) is 0 Å². The van der Waals surface area contributed by atoms with Gasteiger partial charge in [0.1, 0.15) is 11.9 Å². The van der Waals surface area contributed by atoms with E-state index in [1.807, 2.05) is 13.8 Å². The monoisotopic (exact) mass is 357 g/mol. The van der Waals surface area contributed by atoms with Crippen molar-refractivity contribution < 1.29 is 14.0 Å². The molecule has 0 bridgehead atoms. The van der Waals surface area contributed by atoms with Crippen LogP contribution < -0.4 is 16.0 Å². The molecule has 1 heterocycles. The molecule has 0 aromatic heterocycles. The van der Waals surface area contributed by atoms with E-state index in [2.05, 4.69) is 16.0 Å². The highest BCUT2D eigenvalue weighted by Gasteiger charge is 2.27. The number of carbonyl (C=O) groups is 2. The van der Waals surface area contributed by atoms with Gasteiger partial charge in [-0.1, -0.05) is 26.0 Å². The topological polar surface area (TPSA) is 70.2 Å². The summed E-state index contributed by atoms with van der Waals surface area (Å²) in [4.78, 5) is 24.7. The van der Waals surface area contributed by atoms with E-state index in [0.717, 1.165) is 25.9 Å².